The van der Waals surface area contributed by atoms with Crippen LogP contribution in [0.1, 0.15) is 0 Å². The first-order valence-electron chi connectivity index (χ1n) is 29.7. The van der Waals surface area contributed by atoms with Gasteiger partial charge in [0.1, 0.15) is 0 Å². The molecule has 87 heavy (non-hydrogen) atoms. The third-order valence-electron chi connectivity index (χ3n) is 17.9. The molecular weight excluding hydrogens is 1190 g/mol. The molecule has 0 bridgehead atoms. The van der Waals surface area contributed by atoms with Crippen LogP contribution in [0.25, 0.3) is 33.1 Å². The van der Waals surface area contributed by atoms with E-state index < -0.39 is 0 Å². The molecule has 406 valence electrons. The van der Waals surface area contributed by atoms with Gasteiger partial charge in [-0.05, 0) is 0 Å². The van der Waals surface area contributed by atoms with Crippen LogP contribution in [0.15, 0.2) is 308 Å². The maximum absolute atomic E-state index is 6.89. The van der Waals surface area contributed by atoms with Gasteiger partial charge in [0.2, 0.25) is 0 Å². The average Bonchev–Trinajstić information content (AvgIpc) is 1.00. The van der Waals surface area contributed by atoms with E-state index in [4.69, 9.17) is 4.42 Å². The summed E-state index contributed by atoms with van der Waals surface area (Å²) >= 11 is -0.357. The van der Waals surface area contributed by atoms with E-state index in [1.165, 1.54) is 84.5 Å². The van der Waals surface area contributed by atoms with E-state index in [0.29, 0.717) is 0 Å². The van der Waals surface area contributed by atoms with Crippen molar-refractivity contribution in [2.24, 2.45) is 0 Å². The molecule has 9 heteroatoms. The first-order chi connectivity index (χ1) is 43.2. The average molecular weight is 1240 g/mol. The SMILES string of the molecule is c1ccc(N(c2ccccc2)c2cc3c4c(c2)N(c2ccccc2)c2ccccc2B4c2cc4c(c(-c5ccc6c(c5)oc5ccccc56)c2[Se]3)[Se]c2cc(N(c3ccccc3)c3ccccc3)cc3c2B4c2ccccc2N3c2ccccc2)cc1. The van der Waals surface area contributed by atoms with Crippen LogP contribution in [0.5, 0.6) is 0 Å². The van der Waals surface area contributed by atoms with E-state index in [1.54, 1.807) is 0 Å². The predicted molar refractivity (Wildman–Crippen MR) is 370 cm³/mol. The molecule has 0 N–H and O–H groups in total. The Balaban J connectivity index is 0.948. The van der Waals surface area contributed by atoms with Gasteiger partial charge in [-0.25, -0.2) is 0 Å². The molecule has 5 heterocycles. The summed E-state index contributed by atoms with van der Waals surface area (Å²) in [4.78, 5) is 10.00. The molecule has 5 nitrogen and oxygen atoms in total. The van der Waals surface area contributed by atoms with Gasteiger partial charge in [0.15, 0.2) is 0 Å². The molecule has 4 aliphatic rings. The minimum atomic E-state index is -0.178. The Labute approximate surface area is 518 Å². The first kappa shape index (κ1) is 50.4. The van der Waals surface area contributed by atoms with Crippen LogP contribution < -0.4 is 70.2 Å². The van der Waals surface area contributed by atoms with Crippen molar-refractivity contribution in [3.8, 4) is 11.1 Å². The second-order valence-corrected chi connectivity index (χ2v) is 27.1. The number of hydrogen-bond acceptors (Lipinski definition) is 5. The van der Waals surface area contributed by atoms with Crippen molar-refractivity contribution in [1.29, 1.82) is 0 Å². The Morgan fingerprint density at radius 2 is 0.690 bits per heavy atom. The molecule has 0 fully saturated rings. The fraction of sp³-hybridized carbons (Fsp3) is 0. The van der Waals surface area contributed by atoms with Crippen molar-refractivity contribution in [3.63, 3.8) is 0 Å². The van der Waals surface area contributed by atoms with Crippen molar-refractivity contribution >= 4 is 184 Å². The van der Waals surface area contributed by atoms with Gasteiger partial charge >= 0.3 is 523 Å². The molecule has 18 rings (SSSR count). The van der Waals surface area contributed by atoms with Crippen molar-refractivity contribution in [2.45, 2.75) is 0 Å². The Bertz CT molecular complexity index is 4700. The second-order valence-electron chi connectivity index (χ2n) is 22.7. The van der Waals surface area contributed by atoms with Crippen LogP contribution >= 0.6 is 0 Å². The molecule has 0 atom stereocenters. The number of hydrogen-bond donors (Lipinski definition) is 0. The number of rotatable bonds is 9. The van der Waals surface area contributed by atoms with Gasteiger partial charge in [0.25, 0.3) is 0 Å². The first-order valence-corrected chi connectivity index (χ1v) is 33.1. The quantitative estimate of drug-likeness (QED) is 0.134. The summed E-state index contributed by atoms with van der Waals surface area (Å²) in [6.07, 6.45) is 0. The predicted octanol–water partition coefficient (Wildman–Crippen LogP) is 12.7. The zero-order chi connectivity index (χ0) is 57.1. The van der Waals surface area contributed by atoms with Crippen LogP contribution in [-0.4, -0.2) is 43.3 Å². The molecule has 0 spiro atoms. The summed E-state index contributed by atoms with van der Waals surface area (Å²) in [6.45, 7) is -0.125. The van der Waals surface area contributed by atoms with Crippen LogP contribution in [0.3, 0.4) is 0 Å². The summed E-state index contributed by atoms with van der Waals surface area (Å²) < 4.78 is 12.6. The van der Waals surface area contributed by atoms with E-state index >= 15 is 0 Å². The van der Waals surface area contributed by atoms with E-state index in [-0.39, 0.29) is 43.3 Å². The van der Waals surface area contributed by atoms with Gasteiger partial charge in [-0.15, -0.1) is 0 Å². The fourth-order valence-corrected chi connectivity index (χ4v) is 20.3. The normalized spacial score (nSPS) is 13.1. The third-order valence-corrected chi connectivity index (χ3v) is 22.9. The van der Waals surface area contributed by atoms with Gasteiger partial charge in [-0.1, -0.05) is 0 Å². The summed E-state index contributed by atoms with van der Waals surface area (Å²) in [7, 11) is 0. The molecular formula is C78H50B2N4OSe2. The molecule has 14 aromatic rings. The number of para-hydroxylation sites is 9. The summed E-state index contributed by atoms with van der Waals surface area (Å²) in [5, 5.41) is 2.27. The van der Waals surface area contributed by atoms with Gasteiger partial charge in [0, 0.05) is 0 Å². The van der Waals surface area contributed by atoms with Gasteiger partial charge in [0.05, 0.1) is 0 Å². The molecule has 13 aromatic carbocycles. The maximum atomic E-state index is 6.89. The van der Waals surface area contributed by atoms with E-state index in [9.17, 15) is 0 Å². The van der Waals surface area contributed by atoms with Gasteiger partial charge < -0.3 is 0 Å². The second kappa shape index (κ2) is 20.3. The Kier molecular flexibility index (Phi) is 11.8. The standard InChI is InChI=1S/C78H50B2N4OSe2/c1-7-25-52(26-8-1)81(53-27-9-2-10-28-53)58-46-68-75-72(48-58)86-77-64(79(75)62-38-20-22-40-66(62)83(68)56-33-15-5-16-34-56)50-65-78(74(77)51-43-44-61-60-37-19-24-42-70(60)85-71(61)45-51)87-73-49-59(82(54-29-11-3-12-30-54)55-31-13-4-14-32-55)47-69-76(73)80(65)63-39-21-23-41-67(63)84(69)57-35-17-6-18-36-57/h1-50H. The zero-order valence-corrected chi connectivity index (χ0v) is 50.5. The van der Waals surface area contributed by atoms with E-state index in [1.807, 2.05) is 0 Å². The van der Waals surface area contributed by atoms with Crippen molar-refractivity contribution < 1.29 is 4.42 Å². The number of nitrogens with zero attached hydrogens (tertiary/aromatic N) is 4. The Hall–Kier alpha value is -9.97. The van der Waals surface area contributed by atoms with Crippen LogP contribution in [0.2, 0.25) is 0 Å². The zero-order valence-electron chi connectivity index (χ0n) is 47.0. The topological polar surface area (TPSA) is 26.1 Å². The minimum absolute atomic E-state index is 0.0626. The van der Waals surface area contributed by atoms with Crippen molar-refractivity contribution in [3.05, 3.63) is 303 Å². The molecule has 0 saturated carbocycles. The number of benzene rings is 13. The molecule has 0 saturated heterocycles. The van der Waals surface area contributed by atoms with Crippen molar-refractivity contribution in [2.75, 3.05) is 19.6 Å². The molecule has 1 aromatic heterocycles. The Morgan fingerprint density at radius 3 is 1.15 bits per heavy atom. The number of fused-ring (bicyclic) bond motifs is 11. The van der Waals surface area contributed by atoms with E-state index in [0.717, 1.165) is 67.4 Å². The van der Waals surface area contributed by atoms with Crippen molar-refractivity contribution in [1.82, 2.24) is 0 Å². The summed E-state index contributed by atoms with van der Waals surface area (Å²) in [5.74, 6) is 0. The van der Waals surface area contributed by atoms with E-state index in [2.05, 4.69) is 323 Å². The monoisotopic (exact) mass is 1240 g/mol. The van der Waals surface area contributed by atoms with Gasteiger partial charge in [-0.2, -0.15) is 0 Å². The van der Waals surface area contributed by atoms with Crippen LogP contribution in [-0.2, 0) is 0 Å². The van der Waals surface area contributed by atoms with Crippen LogP contribution in [0, 0.1) is 0 Å². The molecule has 0 unspecified atom stereocenters. The molecule has 0 amide bonds. The molecule has 4 aliphatic heterocycles. The fourth-order valence-electron chi connectivity index (χ4n) is 14.3. The summed E-state index contributed by atoms with van der Waals surface area (Å²) in [5.41, 5.74) is 26.4. The van der Waals surface area contributed by atoms with Crippen LogP contribution in [0.4, 0.5) is 68.2 Å². The molecule has 0 aliphatic carbocycles. The third kappa shape index (κ3) is 8.01. The molecule has 0 radical (unpaired) electrons. The number of anilines is 12. The number of furan rings is 1. The van der Waals surface area contributed by atoms with Gasteiger partial charge in [-0.3, -0.25) is 0 Å². The Morgan fingerprint density at radius 1 is 0.299 bits per heavy atom. The summed E-state index contributed by atoms with van der Waals surface area (Å²) in [6, 6.07) is 113.